The maximum absolute atomic E-state index is 10.8. The predicted molar refractivity (Wildman–Crippen MR) is 128 cm³/mol. The van der Waals surface area contributed by atoms with Crippen LogP contribution < -0.4 is 4.74 Å². The van der Waals surface area contributed by atoms with Crippen LogP contribution in [0.1, 0.15) is 16.7 Å². The first-order valence-corrected chi connectivity index (χ1v) is 11.1. The van der Waals surface area contributed by atoms with E-state index in [0.717, 1.165) is 11.1 Å². The average Bonchev–Trinajstić information content (AvgIpc) is 2.72. The lowest BCUT2D eigenvalue weighted by molar-refractivity contribution is -0.384. The topological polar surface area (TPSA) is 74.0 Å². The van der Waals surface area contributed by atoms with Crippen molar-refractivity contribution in [2.45, 2.75) is 13.2 Å². The number of hydrogen-bond donors (Lipinski definition) is 0. The fourth-order valence-electron chi connectivity index (χ4n) is 2.55. The number of ether oxygens (including phenoxy) is 1. The molecular weight excluding hydrogens is 575 g/mol. The molecule has 0 fully saturated rings. The first-order chi connectivity index (χ1) is 14.8. The minimum atomic E-state index is -0.452. The number of halogens is 4. The molecule has 0 spiro atoms. The summed E-state index contributed by atoms with van der Waals surface area (Å²) in [4.78, 5) is 15.6. The number of benzene rings is 3. The van der Waals surface area contributed by atoms with Gasteiger partial charge in [-0.2, -0.15) is 0 Å². The highest BCUT2D eigenvalue weighted by Crippen LogP contribution is 2.35. The highest BCUT2D eigenvalue weighted by atomic mass is 79.9. The van der Waals surface area contributed by atoms with Gasteiger partial charge in [0.25, 0.3) is 5.69 Å². The van der Waals surface area contributed by atoms with Gasteiger partial charge in [0.1, 0.15) is 19.0 Å². The van der Waals surface area contributed by atoms with Crippen LogP contribution in [0.15, 0.2) is 68.7 Å². The number of oxime groups is 1. The molecule has 0 aliphatic heterocycles. The lowest BCUT2D eigenvalue weighted by Gasteiger charge is -2.12. The molecule has 160 valence electrons. The molecule has 3 aromatic carbocycles. The normalized spacial score (nSPS) is 11.0. The Balaban J connectivity index is 1.61. The van der Waals surface area contributed by atoms with Crippen molar-refractivity contribution in [3.05, 3.63) is 100 Å². The smallest absolute Gasteiger partial charge is 0.269 e. The molecule has 0 N–H and O–H groups in total. The Morgan fingerprint density at radius 2 is 1.77 bits per heavy atom. The lowest BCUT2D eigenvalue weighted by Crippen LogP contribution is -1.98. The van der Waals surface area contributed by atoms with Crippen LogP contribution in [0.5, 0.6) is 5.75 Å². The molecule has 3 rings (SSSR count). The molecule has 0 aromatic heterocycles. The van der Waals surface area contributed by atoms with Gasteiger partial charge in [-0.3, -0.25) is 10.1 Å². The number of rotatable bonds is 8. The van der Waals surface area contributed by atoms with Crippen molar-refractivity contribution in [2.24, 2.45) is 5.16 Å². The summed E-state index contributed by atoms with van der Waals surface area (Å²) in [6.45, 7) is 0.385. The van der Waals surface area contributed by atoms with Crippen LogP contribution in [0.25, 0.3) is 0 Å². The van der Waals surface area contributed by atoms with E-state index in [1.54, 1.807) is 24.3 Å². The molecule has 0 atom stereocenters. The Hall–Kier alpha value is -2.13. The zero-order valence-electron chi connectivity index (χ0n) is 15.7. The third kappa shape index (κ3) is 6.67. The van der Waals surface area contributed by atoms with Gasteiger partial charge in [-0.25, -0.2) is 0 Å². The fraction of sp³-hybridized carbons (Fsp3) is 0.0952. The van der Waals surface area contributed by atoms with E-state index in [-0.39, 0.29) is 18.9 Å². The van der Waals surface area contributed by atoms with Gasteiger partial charge < -0.3 is 9.57 Å². The monoisotopic (exact) mass is 586 g/mol. The van der Waals surface area contributed by atoms with Crippen molar-refractivity contribution in [3.8, 4) is 5.75 Å². The van der Waals surface area contributed by atoms with E-state index >= 15 is 0 Å². The third-order valence-electron chi connectivity index (χ3n) is 4.04. The molecule has 0 saturated carbocycles. The van der Waals surface area contributed by atoms with Crippen LogP contribution in [-0.4, -0.2) is 11.1 Å². The molecule has 31 heavy (non-hydrogen) atoms. The summed E-state index contributed by atoms with van der Waals surface area (Å²) in [5.74, 6) is 0.612. The van der Waals surface area contributed by atoms with E-state index in [4.69, 9.17) is 32.8 Å². The first kappa shape index (κ1) is 23.5. The fourth-order valence-corrected chi connectivity index (χ4v) is 4.46. The summed E-state index contributed by atoms with van der Waals surface area (Å²) in [6.07, 6.45) is 1.53. The van der Waals surface area contributed by atoms with E-state index in [9.17, 15) is 10.1 Å². The van der Waals surface area contributed by atoms with Crippen LogP contribution in [0.2, 0.25) is 10.0 Å². The van der Waals surface area contributed by atoms with Crippen LogP contribution in [0, 0.1) is 10.1 Å². The molecule has 0 heterocycles. The van der Waals surface area contributed by atoms with Gasteiger partial charge >= 0.3 is 0 Å². The molecule has 0 aliphatic carbocycles. The van der Waals surface area contributed by atoms with Crippen LogP contribution >= 0.6 is 55.1 Å². The zero-order chi connectivity index (χ0) is 22.4. The van der Waals surface area contributed by atoms with Gasteiger partial charge in [-0.05, 0) is 67.3 Å². The summed E-state index contributed by atoms with van der Waals surface area (Å²) in [5.41, 5.74) is 2.23. The SMILES string of the molecule is O=[N+]([O-])c1cccc(CO/N=C\c2cc(Br)c(OCc3ccc(Cl)cc3Cl)c(Br)c2)c1. The van der Waals surface area contributed by atoms with Gasteiger partial charge in [0.15, 0.2) is 0 Å². The second kappa shape index (κ2) is 10.9. The van der Waals surface area contributed by atoms with E-state index in [1.807, 2.05) is 18.2 Å². The van der Waals surface area contributed by atoms with Crippen LogP contribution in [0.4, 0.5) is 5.69 Å². The Morgan fingerprint density at radius 1 is 1.03 bits per heavy atom. The highest BCUT2D eigenvalue weighted by Gasteiger charge is 2.11. The molecule has 10 heteroatoms. The summed E-state index contributed by atoms with van der Waals surface area (Å²) in [5, 5.41) is 15.8. The van der Waals surface area contributed by atoms with E-state index in [0.29, 0.717) is 30.3 Å². The second-order valence-corrected chi connectivity index (χ2v) is 8.83. The van der Waals surface area contributed by atoms with Crippen molar-refractivity contribution in [2.75, 3.05) is 0 Å². The number of non-ortho nitro benzene ring substituents is 1. The summed E-state index contributed by atoms with van der Waals surface area (Å²) < 4.78 is 7.32. The quantitative estimate of drug-likeness (QED) is 0.155. The Morgan fingerprint density at radius 3 is 2.45 bits per heavy atom. The maximum Gasteiger partial charge on any atom is 0.269 e. The van der Waals surface area contributed by atoms with E-state index in [1.165, 1.54) is 18.3 Å². The largest absolute Gasteiger partial charge is 0.486 e. The third-order valence-corrected chi connectivity index (χ3v) is 5.80. The zero-order valence-corrected chi connectivity index (χ0v) is 20.4. The Bertz CT molecular complexity index is 1120. The summed E-state index contributed by atoms with van der Waals surface area (Å²) in [6, 6.07) is 15.1. The van der Waals surface area contributed by atoms with Crippen molar-refractivity contribution < 1.29 is 14.5 Å². The highest BCUT2D eigenvalue weighted by molar-refractivity contribution is 9.11. The van der Waals surface area contributed by atoms with E-state index < -0.39 is 4.92 Å². The Labute approximate surface area is 205 Å². The molecule has 0 radical (unpaired) electrons. The van der Waals surface area contributed by atoms with Crippen molar-refractivity contribution in [1.29, 1.82) is 0 Å². The van der Waals surface area contributed by atoms with Gasteiger partial charge in [-0.15, -0.1) is 0 Å². The minimum Gasteiger partial charge on any atom is -0.486 e. The minimum absolute atomic E-state index is 0.00779. The van der Waals surface area contributed by atoms with Gasteiger partial charge in [0.2, 0.25) is 0 Å². The number of nitrogens with zero attached hydrogens (tertiary/aromatic N) is 2. The molecule has 0 bridgehead atoms. The second-order valence-electron chi connectivity index (χ2n) is 6.27. The predicted octanol–water partition coefficient (Wildman–Crippen LogP) is 7.56. The van der Waals surface area contributed by atoms with E-state index in [2.05, 4.69) is 37.0 Å². The molecule has 0 aliphatic rings. The number of nitro groups is 1. The summed E-state index contributed by atoms with van der Waals surface area (Å²) in [7, 11) is 0. The van der Waals surface area contributed by atoms with Crippen molar-refractivity contribution in [3.63, 3.8) is 0 Å². The molecule has 3 aromatic rings. The average molecular weight is 589 g/mol. The first-order valence-electron chi connectivity index (χ1n) is 8.78. The molecule has 0 saturated heterocycles. The standard InChI is InChI=1S/C21H14Br2Cl2N2O4/c22-18-7-14(10-26-31-11-13-2-1-3-17(6-13)27(28)29)8-19(23)21(18)30-12-15-4-5-16(24)9-20(15)25/h1-10H,11-12H2/b26-10-. The molecule has 0 amide bonds. The van der Waals surface area contributed by atoms with Gasteiger partial charge in [0, 0.05) is 27.7 Å². The van der Waals surface area contributed by atoms with Gasteiger partial charge in [-0.1, -0.05) is 46.6 Å². The number of hydrogen-bond acceptors (Lipinski definition) is 5. The molecule has 0 unspecified atom stereocenters. The molecular formula is C21H14Br2Cl2N2O4. The number of nitro benzene ring substituents is 1. The Kier molecular flexibility index (Phi) is 8.31. The van der Waals surface area contributed by atoms with Gasteiger partial charge in [0.05, 0.1) is 20.1 Å². The van der Waals surface area contributed by atoms with Crippen molar-refractivity contribution in [1.82, 2.24) is 0 Å². The molecule has 6 nitrogen and oxygen atoms in total. The van der Waals surface area contributed by atoms with Crippen LogP contribution in [0.3, 0.4) is 0 Å². The maximum atomic E-state index is 10.8. The lowest BCUT2D eigenvalue weighted by atomic mass is 10.2. The van der Waals surface area contributed by atoms with Crippen molar-refractivity contribution >= 4 is 67.0 Å². The van der Waals surface area contributed by atoms with Crippen LogP contribution in [-0.2, 0) is 18.1 Å². The summed E-state index contributed by atoms with van der Waals surface area (Å²) >= 11 is 19.1.